The fourth-order valence-electron chi connectivity index (χ4n) is 5.33. The molecule has 172 valence electrons. The average Bonchev–Trinajstić information content (AvgIpc) is 3.32. The summed E-state index contributed by atoms with van der Waals surface area (Å²) in [7, 11) is 0. The van der Waals surface area contributed by atoms with E-state index in [0.29, 0.717) is 24.3 Å². The van der Waals surface area contributed by atoms with Crippen LogP contribution in [0.4, 0.5) is 4.79 Å². The number of amides is 1. The molecule has 2 atom stereocenters. The summed E-state index contributed by atoms with van der Waals surface area (Å²) < 4.78 is 12.0. The van der Waals surface area contributed by atoms with Crippen molar-refractivity contribution in [3.63, 3.8) is 0 Å². The molecule has 1 aliphatic carbocycles. The van der Waals surface area contributed by atoms with E-state index in [4.69, 9.17) is 9.47 Å². The van der Waals surface area contributed by atoms with Crippen LogP contribution >= 0.6 is 0 Å². The normalized spacial score (nSPS) is 23.0. The van der Waals surface area contributed by atoms with Gasteiger partial charge in [-0.05, 0) is 49.6 Å². The first-order valence-corrected chi connectivity index (χ1v) is 11.5. The lowest BCUT2D eigenvalue weighted by molar-refractivity contribution is 0.00216. The van der Waals surface area contributed by atoms with Crippen LogP contribution in [0.5, 0.6) is 0 Å². The molecule has 1 heterocycles. The van der Waals surface area contributed by atoms with Crippen molar-refractivity contribution < 1.29 is 19.1 Å². The van der Waals surface area contributed by atoms with Gasteiger partial charge in [-0.25, -0.2) is 9.59 Å². The molecule has 5 heteroatoms. The summed E-state index contributed by atoms with van der Waals surface area (Å²) in [6, 6.07) is 28.7. The third kappa shape index (κ3) is 3.58. The smallest absolute Gasteiger partial charge is 0.411 e. The molecular formula is C29H27NO4. The second-order valence-electron chi connectivity index (χ2n) is 9.28. The summed E-state index contributed by atoms with van der Waals surface area (Å²) in [5.41, 5.74) is 0.884. The Bertz CT molecular complexity index is 1220. The maximum absolute atomic E-state index is 13.3. The van der Waals surface area contributed by atoms with Crippen molar-refractivity contribution in [1.82, 2.24) is 4.90 Å². The van der Waals surface area contributed by atoms with Crippen LogP contribution < -0.4 is 0 Å². The molecule has 2 aliphatic rings. The lowest BCUT2D eigenvalue weighted by Crippen LogP contribution is -2.58. The summed E-state index contributed by atoms with van der Waals surface area (Å²) >= 11 is 0. The molecule has 0 unspecified atom stereocenters. The van der Waals surface area contributed by atoms with Gasteiger partial charge in [0.05, 0.1) is 11.5 Å². The average molecular weight is 454 g/mol. The van der Waals surface area contributed by atoms with Gasteiger partial charge in [-0.15, -0.1) is 0 Å². The van der Waals surface area contributed by atoms with Crippen molar-refractivity contribution in [2.24, 2.45) is 0 Å². The third-order valence-corrected chi connectivity index (χ3v) is 7.00. The molecule has 5 rings (SSSR count). The second kappa shape index (κ2) is 8.49. The Morgan fingerprint density at radius 3 is 2.18 bits per heavy atom. The summed E-state index contributed by atoms with van der Waals surface area (Å²) in [6.45, 7) is 4.30. The van der Waals surface area contributed by atoms with Gasteiger partial charge < -0.3 is 9.47 Å². The van der Waals surface area contributed by atoms with Crippen LogP contribution in [0.2, 0.25) is 0 Å². The fourth-order valence-corrected chi connectivity index (χ4v) is 5.33. The van der Waals surface area contributed by atoms with Crippen LogP contribution in [-0.4, -0.2) is 28.1 Å². The molecule has 0 radical (unpaired) electrons. The van der Waals surface area contributed by atoms with Crippen molar-refractivity contribution in [2.75, 3.05) is 0 Å². The van der Waals surface area contributed by atoms with Gasteiger partial charge in [-0.1, -0.05) is 78.9 Å². The maximum atomic E-state index is 13.3. The summed E-state index contributed by atoms with van der Waals surface area (Å²) in [5, 5.41) is 0. The monoisotopic (exact) mass is 453 g/mol. The van der Waals surface area contributed by atoms with Gasteiger partial charge >= 0.3 is 12.1 Å². The van der Waals surface area contributed by atoms with E-state index < -0.39 is 17.1 Å². The molecular weight excluding hydrogens is 426 g/mol. The van der Waals surface area contributed by atoms with Crippen LogP contribution in [0, 0.1) is 0 Å². The standard InChI is InChI=1S/C29H27NO4/c1-28(2)29(30(27(32)34-28)20-21-12-6-3-7-13-21)19-18-24(25(29)22-14-8-4-9-15-22)33-26(31)23-16-10-5-11-17-23/h3-18,25H,19-20H2,1-2H3/t25-,29+/m0/s1. The highest BCUT2D eigenvalue weighted by Crippen LogP contribution is 2.57. The van der Waals surface area contributed by atoms with E-state index in [1.54, 1.807) is 12.1 Å². The molecule has 0 aromatic heterocycles. The highest BCUT2D eigenvalue weighted by molar-refractivity contribution is 5.90. The molecule has 0 saturated carbocycles. The number of hydrogen-bond donors (Lipinski definition) is 0. The predicted molar refractivity (Wildman–Crippen MR) is 129 cm³/mol. The van der Waals surface area contributed by atoms with Crippen LogP contribution in [0.3, 0.4) is 0 Å². The number of cyclic esters (lactones) is 1. The third-order valence-electron chi connectivity index (χ3n) is 7.00. The Morgan fingerprint density at radius 1 is 0.941 bits per heavy atom. The molecule has 1 amide bonds. The van der Waals surface area contributed by atoms with E-state index in [9.17, 15) is 9.59 Å². The van der Waals surface area contributed by atoms with E-state index >= 15 is 0 Å². The minimum atomic E-state index is -0.823. The van der Waals surface area contributed by atoms with Crippen LogP contribution in [0.25, 0.3) is 0 Å². The van der Waals surface area contributed by atoms with Gasteiger partial charge in [0, 0.05) is 6.54 Å². The zero-order chi connectivity index (χ0) is 23.8. The first-order chi connectivity index (χ1) is 16.4. The Hall–Kier alpha value is -3.86. The number of nitrogens with zero attached hydrogens (tertiary/aromatic N) is 1. The molecule has 0 bridgehead atoms. The molecule has 3 aromatic rings. The topological polar surface area (TPSA) is 55.8 Å². The Kier molecular flexibility index (Phi) is 5.48. The number of carbonyl (C=O) groups excluding carboxylic acids is 2. The first kappa shape index (κ1) is 22.0. The van der Waals surface area contributed by atoms with Gasteiger partial charge in [0.15, 0.2) is 0 Å². The van der Waals surface area contributed by atoms with Crippen molar-refractivity contribution in [1.29, 1.82) is 0 Å². The molecule has 3 aromatic carbocycles. The molecule has 34 heavy (non-hydrogen) atoms. The van der Waals surface area contributed by atoms with E-state index in [2.05, 4.69) is 0 Å². The maximum Gasteiger partial charge on any atom is 0.411 e. The number of rotatable bonds is 5. The number of ether oxygens (including phenoxy) is 2. The largest absolute Gasteiger partial charge is 0.441 e. The van der Waals surface area contributed by atoms with Gasteiger partial charge in [-0.3, -0.25) is 4.90 Å². The van der Waals surface area contributed by atoms with E-state index in [-0.39, 0.29) is 12.0 Å². The number of hydrogen-bond acceptors (Lipinski definition) is 4. The Labute approximate surface area is 199 Å². The Balaban J connectivity index is 1.58. The summed E-state index contributed by atoms with van der Waals surface area (Å²) in [5.74, 6) is -0.237. The molecule has 1 fully saturated rings. The highest BCUT2D eigenvalue weighted by atomic mass is 16.6. The lowest BCUT2D eigenvalue weighted by Gasteiger charge is -2.45. The first-order valence-electron chi connectivity index (χ1n) is 11.5. The molecule has 1 saturated heterocycles. The summed E-state index contributed by atoms with van der Waals surface area (Å²) in [4.78, 5) is 28.1. The summed E-state index contributed by atoms with van der Waals surface area (Å²) in [6.07, 6.45) is 2.09. The van der Waals surface area contributed by atoms with Gasteiger partial charge in [0.25, 0.3) is 0 Å². The quantitative estimate of drug-likeness (QED) is 0.439. The fraction of sp³-hybridized carbons (Fsp3) is 0.241. The van der Waals surface area contributed by atoms with Crippen molar-refractivity contribution in [3.05, 3.63) is 120 Å². The van der Waals surface area contributed by atoms with Crippen molar-refractivity contribution >= 4 is 12.1 Å². The predicted octanol–water partition coefficient (Wildman–Crippen LogP) is 6.08. The van der Waals surface area contributed by atoms with E-state index in [1.165, 1.54) is 0 Å². The highest BCUT2D eigenvalue weighted by Gasteiger charge is 2.66. The lowest BCUT2D eigenvalue weighted by atomic mass is 9.70. The SMILES string of the molecule is CC1(C)OC(=O)N(Cc2ccccc2)[C@@]12CC=C(OC(=O)c1ccccc1)[C@@H]2c1ccccc1. The van der Waals surface area contributed by atoms with E-state index in [0.717, 1.165) is 11.1 Å². The van der Waals surface area contributed by atoms with Crippen LogP contribution in [0.1, 0.15) is 47.7 Å². The number of benzene rings is 3. The molecule has 1 aliphatic heterocycles. The molecule has 0 N–H and O–H groups in total. The minimum absolute atomic E-state index is 0.362. The number of esters is 1. The van der Waals surface area contributed by atoms with Gasteiger partial charge in [-0.2, -0.15) is 0 Å². The second-order valence-corrected chi connectivity index (χ2v) is 9.28. The van der Waals surface area contributed by atoms with E-state index in [1.807, 2.05) is 104 Å². The van der Waals surface area contributed by atoms with Crippen molar-refractivity contribution in [3.8, 4) is 0 Å². The van der Waals surface area contributed by atoms with Gasteiger partial charge in [0.2, 0.25) is 0 Å². The zero-order valence-corrected chi connectivity index (χ0v) is 19.3. The Morgan fingerprint density at radius 2 is 1.53 bits per heavy atom. The van der Waals surface area contributed by atoms with Crippen LogP contribution in [0.15, 0.2) is 103 Å². The van der Waals surface area contributed by atoms with Crippen molar-refractivity contribution in [2.45, 2.75) is 43.9 Å². The number of carbonyl (C=O) groups is 2. The van der Waals surface area contributed by atoms with Crippen LogP contribution in [-0.2, 0) is 16.0 Å². The zero-order valence-electron chi connectivity index (χ0n) is 19.3. The minimum Gasteiger partial charge on any atom is -0.441 e. The van der Waals surface area contributed by atoms with Gasteiger partial charge in [0.1, 0.15) is 16.9 Å². The molecule has 5 nitrogen and oxygen atoms in total. The molecule has 1 spiro atoms.